The number of benzene rings is 2. The number of halogens is 3. The van der Waals surface area contributed by atoms with Gasteiger partial charge in [0, 0.05) is 23.9 Å². The molecule has 2 heterocycles. The number of nitrogens with zero attached hydrogens (tertiary/aromatic N) is 4. The summed E-state index contributed by atoms with van der Waals surface area (Å²) in [5, 5.41) is 4.28. The van der Waals surface area contributed by atoms with Crippen LogP contribution < -0.4 is 0 Å². The van der Waals surface area contributed by atoms with Crippen LogP contribution in [0.4, 0.5) is 13.2 Å². The molecular weight excluding hydrogens is 413 g/mol. The van der Waals surface area contributed by atoms with Gasteiger partial charge < -0.3 is 0 Å². The van der Waals surface area contributed by atoms with Gasteiger partial charge in [-0.15, -0.1) is 0 Å². The maximum absolute atomic E-state index is 13.5. The quantitative estimate of drug-likeness (QED) is 0.380. The molecule has 4 rings (SSSR count). The predicted octanol–water partition coefficient (Wildman–Crippen LogP) is 5.87. The number of aryl methyl sites for hydroxylation is 2. The summed E-state index contributed by atoms with van der Waals surface area (Å²) in [4.78, 5) is 8.26. The van der Waals surface area contributed by atoms with Crippen molar-refractivity contribution in [1.29, 1.82) is 0 Å². The molecule has 7 heteroatoms. The van der Waals surface area contributed by atoms with E-state index in [1.165, 1.54) is 0 Å². The molecule has 32 heavy (non-hydrogen) atoms. The Balaban J connectivity index is 1.61. The number of alkyl halides is 3. The molecule has 2 aromatic heterocycles. The van der Waals surface area contributed by atoms with Crippen molar-refractivity contribution in [1.82, 2.24) is 19.7 Å². The van der Waals surface area contributed by atoms with Crippen LogP contribution in [0.3, 0.4) is 0 Å². The van der Waals surface area contributed by atoms with Gasteiger partial charge in [-0.25, -0.2) is 9.97 Å². The first kappa shape index (κ1) is 21.7. The molecule has 0 saturated heterocycles. The minimum absolute atomic E-state index is 0.0933. The van der Waals surface area contributed by atoms with E-state index < -0.39 is 11.9 Å². The van der Waals surface area contributed by atoms with E-state index in [2.05, 4.69) is 15.1 Å². The molecule has 0 bridgehead atoms. The van der Waals surface area contributed by atoms with Gasteiger partial charge in [0.25, 0.3) is 0 Å². The molecule has 0 aliphatic heterocycles. The van der Waals surface area contributed by atoms with Gasteiger partial charge in [0.1, 0.15) is 5.69 Å². The molecule has 0 fully saturated rings. The van der Waals surface area contributed by atoms with E-state index in [1.807, 2.05) is 67.2 Å². The molecule has 164 valence electrons. The highest BCUT2D eigenvalue weighted by atomic mass is 19.4. The number of hydrogen-bond acceptors (Lipinski definition) is 3. The molecule has 0 N–H and O–H groups in total. The van der Waals surface area contributed by atoms with Gasteiger partial charge in [-0.2, -0.15) is 18.3 Å². The fraction of sp³-hybridized carbons (Fsp3) is 0.240. The number of hydrogen-bond donors (Lipinski definition) is 0. The molecular formula is C25H23F3N4. The van der Waals surface area contributed by atoms with Gasteiger partial charge in [0.2, 0.25) is 0 Å². The third kappa shape index (κ3) is 5.22. The molecule has 0 saturated carbocycles. The first-order chi connectivity index (χ1) is 15.3. The SMILES string of the molecule is CCc1cccc(-c2nc(Cc3ccc(Cn4cc(C)cn4)cc3)cc(C(F)(F)F)n2)c1. The fourth-order valence-electron chi connectivity index (χ4n) is 3.50. The Hall–Kier alpha value is -3.48. The summed E-state index contributed by atoms with van der Waals surface area (Å²) < 4.78 is 42.4. The third-order valence-corrected chi connectivity index (χ3v) is 5.18. The Morgan fingerprint density at radius 3 is 2.31 bits per heavy atom. The van der Waals surface area contributed by atoms with E-state index in [4.69, 9.17) is 0 Å². The second kappa shape index (κ2) is 8.94. The average Bonchev–Trinajstić information content (AvgIpc) is 3.19. The minimum Gasteiger partial charge on any atom is -0.268 e. The largest absolute Gasteiger partial charge is 0.433 e. The van der Waals surface area contributed by atoms with Gasteiger partial charge >= 0.3 is 6.18 Å². The van der Waals surface area contributed by atoms with Gasteiger partial charge in [-0.3, -0.25) is 4.68 Å². The topological polar surface area (TPSA) is 43.6 Å². The van der Waals surface area contributed by atoms with Crippen molar-refractivity contribution < 1.29 is 13.2 Å². The van der Waals surface area contributed by atoms with E-state index in [-0.39, 0.29) is 12.2 Å². The van der Waals surface area contributed by atoms with Crippen LogP contribution >= 0.6 is 0 Å². The van der Waals surface area contributed by atoms with Gasteiger partial charge in [0.05, 0.1) is 12.7 Å². The first-order valence-corrected chi connectivity index (χ1v) is 10.4. The Kier molecular flexibility index (Phi) is 6.08. The van der Waals surface area contributed by atoms with Crippen molar-refractivity contribution in [3.8, 4) is 11.4 Å². The van der Waals surface area contributed by atoms with Gasteiger partial charge in [0.15, 0.2) is 5.82 Å². The van der Waals surface area contributed by atoms with E-state index in [9.17, 15) is 13.2 Å². The zero-order valence-corrected chi connectivity index (χ0v) is 17.9. The second-order valence-corrected chi connectivity index (χ2v) is 7.83. The standard InChI is InChI=1S/C25H23F3N4/c1-3-18-5-4-6-21(11-18)24-30-22(13-23(31-24)25(26,27)28)12-19-7-9-20(10-8-19)16-32-15-17(2)14-29-32/h4-11,13-15H,3,12,16H2,1-2H3. The molecule has 0 unspecified atom stereocenters. The average molecular weight is 436 g/mol. The summed E-state index contributed by atoms with van der Waals surface area (Å²) in [7, 11) is 0. The Morgan fingerprint density at radius 1 is 0.906 bits per heavy atom. The molecule has 0 spiro atoms. The highest BCUT2D eigenvalue weighted by molar-refractivity contribution is 5.56. The van der Waals surface area contributed by atoms with Crippen LogP contribution in [0.25, 0.3) is 11.4 Å². The fourth-order valence-corrected chi connectivity index (χ4v) is 3.50. The van der Waals surface area contributed by atoms with Crippen molar-refractivity contribution in [3.63, 3.8) is 0 Å². The van der Waals surface area contributed by atoms with Crippen LogP contribution in [0.1, 0.15) is 40.6 Å². The van der Waals surface area contributed by atoms with Crippen LogP contribution in [-0.4, -0.2) is 19.7 Å². The Labute approximate surface area is 184 Å². The maximum atomic E-state index is 13.5. The van der Waals surface area contributed by atoms with Crippen molar-refractivity contribution in [3.05, 3.63) is 101 Å². The van der Waals surface area contributed by atoms with E-state index in [0.29, 0.717) is 17.8 Å². The van der Waals surface area contributed by atoms with Crippen LogP contribution in [0.5, 0.6) is 0 Å². The maximum Gasteiger partial charge on any atom is 0.433 e. The summed E-state index contributed by atoms with van der Waals surface area (Å²) >= 11 is 0. The van der Waals surface area contributed by atoms with E-state index in [1.54, 1.807) is 12.3 Å². The molecule has 4 nitrogen and oxygen atoms in total. The highest BCUT2D eigenvalue weighted by Crippen LogP contribution is 2.30. The molecule has 0 radical (unpaired) electrons. The minimum atomic E-state index is -4.54. The molecule has 2 aromatic carbocycles. The molecule has 0 amide bonds. The summed E-state index contributed by atoms with van der Waals surface area (Å²) in [6, 6.07) is 16.1. The third-order valence-electron chi connectivity index (χ3n) is 5.18. The zero-order valence-electron chi connectivity index (χ0n) is 17.9. The molecule has 0 atom stereocenters. The predicted molar refractivity (Wildman–Crippen MR) is 117 cm³/mol. The van der Waals surface area contributed by atoms with Gasteiger partial charge in [-0.1, -0.05) is 49.4 Å². The van der Waals surface area contributed by atoms with Crippen LogP contribution in [0.2, 0.25) is 0 Å². The summed E-state index contributed by atoms with van der Waals surface area (Å²) in [5.41, 5.74) is 4.04. The van der Waals surface area contributed by atoms with Crippen molar-refractivity contribution in [2.75, 3.05) is 0 Å². The second-order valence-electron chi connectivity index (χ2n) is 7.83. The van der Waals surface area contributed by atoms with Crippen molar-refractivity contribution in [2.24, 2.45) is 0 Å². The van der Waals surface area contributed by atoms with Gasteiger partial charge in [-0.05, 0) is 47.7 Å². The summed E-state index contributed by atoms with van der Waals surface area (Å²) in [6.07, 6.45) is 0.288. The lowest BCUT2D eigenvalue weighted by Gasteiger charge is -2.12. The smallest absolute Gasteiger partial charge is 0.268 e. The van der Waals surface area contributed by atoms with E-state index >= 15 is 0 Å². The summed E-state index contributed by atoms with van der Waals surface area (Å²) in [6.45, 7) is 4.61. The van der Waals surface area contributed by atoms with Crippen LogP contribution in [-0.2, 0) is 25.6 Å². The lowest BCUT2D eigenvalue weighted by Crippen LogP contribution is -2.11. The zero-order chi connectivity index (χ0) is 22.7. The monoisotopic (exact) mass is 436 g/mol. The molecule has 0 aliphatic carbocycles. The van der Waals surface area contributed by atoms with Crippen LogP contribution in [0, 0.1) is 6.92 Å². The van der Waals surface area contributed by atoms with E-state index in [0.717, 1.165) is 34.7 Å². The van der Waals surface area contributed by atoms with Crippen molar-refractivity contribution >= 4 is 0 Å². The number of aromatic nitrogens is 4. The first-order valence-electron chi connectivity index (χ1n) is 10.4. The lowest BCUT2D eigenvalue weighted by molar-refractivity contribution is -0.141. The molecule has 0 aliphatic rings. The number of rotatable bonds is 6. The lowest BCUT2D eigenvalue weighted by atomic mass is 10.1. The van der Waals surface area contributed by atoms with Crippen molar-refractivity contribution in [2.45, 2.75) is 39.4 Å². The summed E-state index contributed by atoms with van der Waals surface area (Å²) in [5.74, 6) is 0.0933. The Morgan fingerprint density at radius 2 is 1.66 bits per heavy atom. The van der Waals surface area contributed by atoms with Crippen LogP contribution in [0.15, 0.2) is 67.0 Å². The molecule has 4 aromatic rings. The normalized spacial score (nSPS) is 11.7. The highest BCUT2D eigenvalue weighted by Gasteiger charge is 2.33. The Bertz CT molecular complexity index is 1210.